The fourth-order valence-electron chi connectivity index (χ4n) is 0.386. The van der Waals surface area contributed by atoms with Crippen LogP contribution >= 0.6 is 27.5 Å². The van der Waals surface area contributed by atoms with E-state index in [9.17, 15) is 8.76 Å². The van der Waals surface area contributed by atoms with Crippen LogP contribution in [0, 0.1) is 0 Å². The van der Waals surface area contributed by atoms with Crippen LogP contribution in [0.1, 0.15) is 6.92 Å². The van der Waals surface area contributed by atoms with Crippen LogP contribution in [0.25, 0.3) is 0 Å². The van der Waals surface area contributed by atoms with Gasteiger partial charge in [-0.1, -0.05) is 33.6 Å². The van der Waals surface area contributed by atoms with Gasteiger partial charge in [-0.15, -0.1) is 0 Å². The Kier molecular flexibility index (Phi) is 6.65. The van der Waals surface area contributed by atoms with E-state index in [4.69, 9.17) is 11.6 Å². The lowest BCUT2D eigenvalue weighted by atomic mass is 10.4. The van der Waals surface area contributed by atoms with Crippen LogP contribution in [0.5, 0.6) is 0 Å². The SMILES string of the molecule is C\C=C(Br)/C=C\C(=C\Cl)S(=O)[O-]. The average Bonchev–Trinajstić information content (AvgIpc) is 2.04. The van der Waals surface area contributed by atoms with Crippen molar-refractivity contribution in [1.82, 2.24) is 0 Å². The summed E-state index contributed by atoms with van der Waals surface area (Å²) in [7, 11) is 0. The molecule has 0 heterocycles. The van der Waals surface area contributed by atoms with Crippen molar-refractivity contribution in [1.29, 1.82) is 0 Å². The molecule has 0 aromatic carbocycles. The van der Waals surface area contributed by atoms with E-state index in [-0.39, 0.29) is 4.91 Å². The monoisotopic (exact) mass is 269 g/mol. The molecule has 0 saturated heterocycles. The smallest absolute Gasteiger partial charge is 0.0362 e. The molecule has 1 unspecified atom stereocenters. The molecule has 0 amide bonds. The Morgan fingerprint density at radius 1 is 1.58 bits per heavy atom. The minimum atomic E-state index is -2.28. The molecule has 68 valence electrons. The fraction of sp³-hybridized carbons (Fsp3) is 0.143. The van der Waals surface area contributed by atoms with Gasteiger partial charge in [0.2, 0.25) is 0 Å². The van der Waals surface area contributed by atoms with Crippen molar-refractivity contribution in [3.63, 3.8) is 0 Å². The first kappa shape index (κ1) is 12.1. The summed E-state index contributed by atoms with van der Waals surface area (Å²) < 4.78 is 21.6. The van der Waals surface area contributed by atoms with E-state index in [0.717, 1.165) is 10.0 Å². The molecule has 0 saturated carbocycles. The molecule has 0 fully saturated rings. The third kappa shape index (κ3) is 4.87. The van der Waals surface area contributed by atoms with Gasteiger partial charge in [0, 0.05) is 14.9 Å². The number of hydrogen-bond donors (Lipinski definition) is 0. The lowest BCUT2D eigenvalue weighted by Crippen LogP contribution is -1.87. The summed E-state index contributed by atoms with van der Waals surface area (Å²) in [5.41, 5.74) is 1.01. The highest BCUT2D eigenvalue weighted by Gasteiger charge is 1.89. The highest BCUT2D eigenvalue weighted by molar-refractivity contribution is 9.11. The number of halogens is 2. The molecule has 0 bridgehead atoms. The van der Waals surface area contributed by atoms with Gasteiger partial charge in [0.25, 0.3) is 0 Å². The van der Waals surface area contributed by atoms with Crippen LogP contribution in [-0.4, -0.2) is 8.76 Å². The molecule has 0 aliphatic rings. The maximum Gasteiger partial charge on any atom is 0.0362 e. The predicted octanol–water partition coefficient (Wildman–Crippen LogP) is 2.80. The van der Waals surface area contributed by atoms with Crippen LogP contribution in [0.15, 0.2) is 33.2 Å². The molecular formula is C7H7BrClO2S-. The predicted molar refractivity (Wildman–Crippen MR) is 54.7 cm³/mol. The zero-order valence-electron chi connectivity index (χ0n) is 6.29. The molecule has 2 nitrogen and oxygen atoms in total. The van der Waals surface area contributed by atoms with Gasteiger partial charge < -0.3 is 4.55 Å². The second-order valence-corrected chi connectivity index (χ2v) is 3.83. The molecule has 1 atom stereocenters. The first-order valence-corrected chi connectivity index (χ1v) is 5.31. The minimum absolute atomic E-state index is 0.0514. The van der Waals surface area contributed by atoms with Gasteiger partial charge in [0.15, 0.2) is 0 Å². The highest BCUT2D eigenvalue weighted by atomic mass is 79.9. The second kappa shape index (κ2) is 6.60. The summed E-state index contributed by atoms with van der Waals surface area (Å²) >= 11 is 6.16. The molecule has 0 N–H and O–H groups in total. The number of allylic oxidation sites excluding steroid dienone is 4. The maximum absolute atomic E-state index is 10.4. The molecule has 0 radical (unpaired) electrons. The Morgan fingerprint density at radius 3 is 2.50 bits per heavy atom. The van der Waals surface area contributed by atoms with Gasteiger partial charge in [0.05, 0.1) is 0 Å². The Balaban J connectivity index is 4.43. The van der Waals surface area contributed by atoms with Gasteiger partial charge in [-0.2, -0.15) is 0 Å². The van der Waals surface area contributed by atoms with Crippen LogP contribution < -0.4 is 0 Å². The third-order valence-electron chi connectivity index (χ3n) is 0.983. The normalized spacial score (nSPS) is 17.0. The lowest BCUT2D eigenvalue weighted by molar-refractivity contribution is 0.544. The minimum Gasteiger partial charge on any atom is -0.768 e. The van der Waals surface area contributed by atoms with E-state index >= 15 is 0 Å². The molecule has 0 aliphatic heterocycles. The highest BCUT2D eigenvalue weighted by Crippen LogP contribution is 2.10. The Hall–Kier alpha value is 0.1000. The molecule has 0 aromatic rings. The van der Waals surface area contributed by atoms with Crippen molar-refractivity contribution < 1.29 is 8.76 Å². The quantitative estimate of drug-likeness (QED) is 0.584. The van der Waals surface area contributed by atoms with Gasteiger partial charge in [-0.05, 0) is 30.2 Å². The number of hydrogen-bond acceptors (Lipinski definition) is 2. The summed E-state index contributed by atoms with van der Waals surface area (Å²) in [5, 5.41) is 0. The lowest BCUT2D eigenvalue weighted by Gasteiger charge is -2.02. The largest absolute Gasteiger partial charge is 0.768 e. The zero-order valence-corrected chi connectivity index (χ0v) is 9.45. The Bertz CT molecular complexity index is 258. The van der Waals surface area contributed by atoms with Crippen molar-refractivity contribution in [3.05, 3.63) is 33.2 Å². The zero-order chi connectivity index (χ0) is 9.56. The van der Waals surface area contributed by atoms with Gasteiger partial charge in [-0.25, -0.2) is 0 Å². The van der Waals surface area contributed by atoms with Crippen molar-refractivity contribution in [3.8, 4) is 0 Å². The standard InChI is InChI=1S/C7H8BrClO2S/c1-2-6(8)3-4-7(5-9)12(10)11/h2-5H,1H3,(H,10,11)/p-1/b4-3-,6-2+,7-5-. The van der Waals surface area contributed by atoms with Crippen LogP contribution in [0.4, 0.5) is 0 Å². The molecule has 0 aromatic heterocycles. The van der Waals surface area contributed by atoms with Crippen molar-refractivity contribution in [2.24, 2.45) is 0 Å². The summed E-state index contributed by atoms with van der Waals surface area (Å²) in [5.74, 6) is 0. The molecule has 0 spiro atoms. The molecule has 0 aliphatic carbocycles. The first-order valence-electron chi connectivity index (χ1n) is 3.01. The fourth-order valence-corrected chi connectivity index (χ4v) is 1.06. The van der Waals surface area contributed by atoms with E-state index in [1.54, 1.807) is 12.2 Å². The van der Waals surface area contributed by atoms with E-state index in [1.807, 2.05) is 6.92 Å². The summed E-state index contributed by atoms with van der Waals surface area (Å²) in [6.07, 6.45) is 4.79. The van der Waals surface area contributed by atoms with Crippen LogP contribution in [0.3, 0.4) is 0 Å². The number of rotatable bonds is 3. The van der Waals surface area contributed by atoms with Crippen LogP contribution in [-0.2, 0) is 11.1 Å². The Labute approximate surface area is 87.4 Å². The molecule has 5 heteroatoms. The van der Waals surface area contributed by atoms with Crippen molar-refractivity contribution in [2.75, 3.05) is 0 Å². The molecular weight excluding hydrogens is 263 g/mol. The van der Waals surface area contributed by atoms with Gasteiger partial charge >= 0.3 is 0 Å². The topological polar surface area (TPSA) is 40.1 Å². The summed E-state index contributed by atoms with van der Waals surface area (Å²) in [4.78, 5) is 0.0514. The second-order valence-electron chi connectivity index (χ2n) is 1.75. The van der Waals surface area contributed by atoms with E-state index < -0.39 is 11.1 Å². The Morgan fingerprint density at radius 2 is 2.17 bits per heavy atom. The van der Waals surface area contributed by atoms with Gasteiger partial charge in [0.1, 0.15) is 0 Å². The van der Waals surface area contributed by atoms with E-state index in [2.05, 4.69) is 15.9 Å². The molecule has 0 rings (SSSR count). The maximum atomic E-state index is 10.4. The third-order valence-corrected chi connectivity index (χ3v) is 2.71. The average molecular weight is 271 g/mol. The van der Waals surface area contributed by atoms with E-state index in [0.29, 0.717) is 0 Å². The molecule has 12 heavy (non-hydrogen) atoms. The van der Waals surface area contributed by atoms with Gasteiger partial charge in [-0.3, -0.25) is 4.21 Å². The van der Waals surface area contributed by atoms with Crippen molar-refractivity contribution >= 4 is 38.6 Å². The summed E-state index contributed by atoms with van der Waals surface area (Å²) in [6, 6.07) is 0. The summed E-state index contributed by atoms with van der Waals surface area (Å²) in [6.45, 7) is 1.83. The van der Waals surface area contributed by atoms with Crippen molar-refractivity contribution in [2.45, 2.75) is 6.92 Å². The van der Waals surface area contributed by atoms with Crippen LogP contribution in [0.2, 0.25) is 0 Å². The van der Waals surface area contributed by atoms with E-state index in [1.165, 1.54) is 6.08 Å². The first-order chi connectivity index (χ1) is 5.61.